The molecule has 2 heterocycles. The summed E-state index contributed by atoms with van der Waals surface area (Å²) in [6.07, 6.45) is 6.40. The van der Waals surface area contributed by atoms with Gasteiger partial charge in [-0.25, -0.2) is 9.97 Å². The molecule has 0 saturated carbocycles. The van der Waals surface area contributed by atoms with Crippen LogP contribution in [-0.4, -0.2) is 22.4 Å². The quantitative estimate of drug-likeness (QED) is 0.730. The Bertz CT molecular complexity index is 555. The molecule has 2 aromatic heterocycles. The molecule has 0 aliphatic heterocycles. The second-order valence-electron chi connectivity index (χ2n) is 4.68. The fraction of sp³-hybridized carbons (Fsp3) is 0.400. The van der Waals surface area contributed by atoms with E-state index in [1.807, 2.05) is 0 Å². The molecule has 0 aliphatic carbocycles. The summed E-state index contributed by atoms with van der Waals surface area (Å²) in [5.74, 6) is 1.13. The molecule has 1 amide bonds. The van der Waals surface area contributed by atoms with E-state index in [1.54, 1.807) is 24.5 Å². The first-order chi connectivity index (χ1) is 10.3. The van der Waals surface area contributed by atoms with Gasteiger partial charge in [0.2, 0.25) is 0 Å². The minimum absolute atomic E-state index is 0.245. The van der Waals surface area contributed by atoms with Crippen molar-refractivity contribution in [2.75, 3.05) is 11.9 Å². The predicted molar refractivity (Wildman–Crippen MR) is 79.9 cm³/mol. The SMILES string of the molecule is CCCCCNc1cc(C(=O)NCc2ccco2)ncn1. The molecular formula is C15H20N4O2. The number of hydrogen-bond acceptors (Lipinski definition) is 5. The summed E-state index contributed by atoms with van der Waals surface area (Å²) in [5, 5.41) is 5.95. The number of nitrogens with zero attached hydrogens (tertiary/aromatic N) is 2. The van der Waals surface area contributed by atoms with Crippen LogP contribution in [0.25, 0.3) is 0 Å². The molecular weight excluding hydrogens is 268 g/mol. The summed E-state index contributed by atoms with van der Waals surface area (Å²) in [7, 11) is 0. The first kappa shape index (κ1) is 15.0. The predicted octanol–water partition coefficient (Wildman–Crippen LogP) is 2.60. The number of carbonyl (C=O) groups is 1. The van der Waals surface area contributed by atoms with E-state index in [4.69, 9.17) is 4.42 Å². The number of rotatable bonds is 8. The lowest BCUT2D eigenvalue weighted by molar-refractivity contribution is 0.0943. The van der Waals surface area contributed by atoms with Crippen LogP contribution in [-0.2, 0) is 6.54 Å². The Morgan fingerprint density at radius 2 is 2.24 bits per heavy atom. The maximum atomic E-state index is 12.0. The van der Waals surface area contributed by atoms with Gasteiger partial charge < -0.3 is 15.1 Å². The van der Waals surface area contributed by atoms with Gasteiger partial charge in [0.15, 0.2) is 0 Å². The minimum atomic E-state index is -0.245. The number of nitrogens with one attached hydrogen (secondary N) is 2. The zero-order chi connectivity index (χ0) is 14.9. The Labute approximate surface area is 124 Å². The fourth-order valence-electron chi connectivity index (χ4n) is 1.84. The zero-order valence-corrected chi connectivity index (χ0v) is 12.1. The number of unbranched alkanes of at least 4 members (excludes halogenated alkanes) is 2. The maximum Gasteiger partial charge on any atom is 0.270 e. The van der Waals surface area contributed by atoms with Crippen molar-refractivity contribution < 1.29 is 9.21 Å². The van der Waals surface area contributed by atoms with Crippen LogP contribution in [0.2, 0.25) is 0 Å². The van der Waals surface area contributed by atoms with Gasteiger partial charge in [-0.3, -0.25) is 4.79 Å². The second-order valence-corrected chi connectivity index (χ2v) is 4.68. The largest absolute Gasteiger partial charge is 0.467 e. The molecule has 0 spiro atoms. The van der Waals surface area contributed by atoms with Gasteiger partial charge >= 0.3 is 0 Å². The van der Waals surface area contributed by atoms with Crippen LogP contribution in [0, 0.1) is 0 Å². The van der Waals surface area contributed by atoms with Crippen molar-refractivity contribution in [2.45, 2.75) is 32.7 Å². The van der Waals surface area contributed by atoms with Crippen molar-refractivity contribution in [3.63, 3.8) is 0 Å². The van der Waals surface area contributed by atoms with E-state index < -0.39 is 0 Å². The summed E-state index contributed by atoms with van der Waals surface area (Å²) in [6, 6.07) is 5.24. The summed E-state index contributed by atoms with van der Waals surface area (Å²) in [6.45, 7) is 3.35. The van der Waals surface area contributed by atoms with E-state index in [0.29, 0.717) is 23.8 Å². The second kappa shape index (κ2) is 8.04. The maximum absolute atomic E-state index is 12.0. The Kier molecular flexibility index (Phi) is 5.75. The lowest BCUT2D eigenvalue weighted by atomic mass is 10.2. The first-order valence-electron chi connectivity index (χ1n) is 7.16. The van der Waals surface area contributed by atoms with Crippen LogP contribution in [0.1, 0.15) is 42.4 Å². The summed E-state index contributed by atoms with van der Waals surface area (Å²) < 4.78 is 5.16. The number of hydrogen-bond donors (Lipinski definition) is 2. The third-order valence-corrected chi connectivity index (χ3v) is 2.99. The van der Waals surface area contributed by atoms with E-state index in [-0.39, 0.29) is 5.91 Å². The molecule has 0 aliphatic rings. The van der Waals surface area contributed by atoms with Gasteiger partial charge in [0.05, 0.1) is 12.8 Å². The van der Waals surface area contributed by atoms with Crippen molar-refractivity contribution in [1.29, 1.82) is 0 Å². The lowest BCUT2D eigenvalue weighted by Crippen LogP contribution is -2.23. The van der Waals surface area contributed by atoms with E-state index in [0.717, 1.165) is 13.0 Å². The van der Waals surface area contributed by atoms with Crippen LogP contribution in [0.15, 0.2) is 35.2 Å². The van der Waals surface area contributed by atoms with Gasteiger partial charge in [0.25, 0.3) is 5.91 Å². The highest BCUT2D eigenvalue weighted by Crippen LogP contribution is 2.06. The number of aromatic nitrogens is 2. The van der Waals surface area contributed by atoms with Crippen molar-refractivity contribution in [2.24, 2.45) is 0 Å². The van der Waals surface area contributed by atoms with Crippen LogP contribution in [0.5, 0.6) is 0 Å². The van der Waals surface area contributed by atoms with Gasteiger partial charge in [0.1, 0.15) is 23.6 Å². The molecule has 0 radical (unpaired) electrons. The molecule has 0 saturated heterocycles. The van der Waals surface area contributed by atoms with Gasteiger partial charge in [-0.1, -0.05) is 19.8 Å². The van der Waals surface area contributed by atoms with Gasteiger partial charge in [-0.05, 0) is 18.6 Å². The van der Waals surface area contributed by atoms with E-state index in [9.17, 15) is 4.79 Å². The number of furan rings is 1. The average molecular weight is 288 g/mol. The highest BCUT2D eigenvalue weighted by molar-refractivity contribution is 5.92. The molecule has 112 valence electrons. The van der Waals surface area contributed by atoms with Gasteiger partial charge in [0, 0.05) is 12.6 Å². The van der Waals surface area contributed by atoms with Crippen LogP contribution in [0.4, 0.5) is 5.82 Å². The number of anilines is 1. The monoisotopic (exact) mass is 288 g/mol. The van der Waals surface area contributed by atoms with Crippen LogP contribution in [0.3, 0.4) is 0 Å². The van der Waals surface area contributed by atoms with Crippen molar-refractivity contribution in [3.8, 4) is 0 Å². The molecule has 21 heavy (non-hydrogen) atoms. The smallest absolute Gasteiger partial charge is 0.270 e. The molecule has 6 nitrogen and oxygen atoms in total. The van der Waals surface area contributed by atoms with Crippen molar-refractivity contribution in [1.82, 2.24) is 15.3 Å². The van der Waals surface area contributed by atoms with E-state index in [2.05, 4.69) is 27.5 Å². The Morgan fingerprint density at radius 1 is 1.33 bits per heavy atom. The third kappa shape index (κ3) is 4.91. The van der Waals surface area contributed by atoms with Crippen molar-refractivity contribution >= 4 is 11.7 Å². The molecule has 0 bridgehead atoms. The Hall–Kier alpha value is -2.37. The summed E-state index contributed by atoms with van der Waals surface area (Å²) in [5.41, 5.74) is 0.342. The van der Waals surface area contributed by atoms with E-state index in [1.165, 1.54) is 19.2 Å². The lowest BCUT2D eigenvalue weighted by Gasteiger charge is -2.06. The molecule has 0 aromatic carbocycles. The summed E-state index contributed by atoms with van der Waals surface area (Å²) in [4.78, 5) is 20.1. The molecule has 0 atom stereocenters. The van der Waals surface area contributed by atoms with Crippen LogP contribution < -0.4 is 10.6 Å². The molecule has 2 aromatic rings. The highest BCUT2D eigenvalue weighted by Gasteiger charge is 2.09. The normalized spacial score (nSPS) is 10.3. The zero-order valence-electron chi connectivity index (χ0n) is 12.1. The fourth-order valence-corrected chi connectivity index (χ4v) is 1.84. The molecule has 6 heteroatoms. The standard InChI is InChI=1S/C15H20N4O2/c1-2-3-4-7-16-14-9-13(18-11-19-14)15(20)17-10-12-6-5-8-21-12/h5-6,8-9,11H,2-4,7,10H2,1H3,(H,17,20)(H,16,18,19). The number of amides is 1. The van der Waals surface area contributed by atoms with Crippen LogP contribution >= 0.6 is 0 Å². The van der Waals surface area contributed by atoms with E-state index >= 15 is 0 Å². The Morgan fingerprint density at radius 3 is 3.00 bits per heavy atom. The third-order valence-electron chi connectivity index (χ3n) is 2.99. The summed E-state index contributed by atoms with van der Waals surface area (Å²) >= 11 is 0. The average Bonchev–Trinajstić information content (AvgIpc) is 3.03. The molecule has 2 rings (SSSR count). The van der Waals surface area contributed by atoms with Crippen molar-refractivity contribution in [3.05, 3.63) is 42.2 Å². The molecule has 0 fully saturated rings. The van der Waals surface area contributed by atoms with Gasteiger partial charge in [-0.15, -0.1) is 0 Å². The highest BCUT2D eigenvalue weighted by atomic mass is 16.3. The molecule has 2 N–H and O–H groups in total. The minimum Gasteiger partial charge on any atom is -0.467 e. The first-order valence-corrected chi connectivity index (χ1v) is 7.16. The number of carbonyl (C=O) groups excluding carboxylic acids is 1. The Balaban J connectivity index is 1.85. The topological polar surface area (TPSA) is 80.0 Å². The van der Waals surface area contributed by atoms with Gasteiger partial charge in [-0.2, -0.15) is 0 Å². The molecule has 0 unspecified atom stereocenters.